The molecule has 0 aromatic carbocycles. The summed E-state index contributed by atoms with van der Waals surface area (Å²) in [4.78, 5) is 0. The van der Waals surface area contributed by atoms with Crippen molar-refractivity contribution in [2.24, 2.45) is 0 Å². The monoisotopic (exact) mass is 254 g/mol. The predicted molar refractivity (Wildman–Crippen MR) is 69.2 cm³/mol. The zero-order valence-corrected chi connectivity index (χ0v) is 11.5. The Morgan fingerprint density at radius 2 is 1.60 bits per heavy atom. The summed E-state index contributed by atoms with van der Waals surface area (Å²) >= 11 is 11.8. The maximum Gasteiger partial charge on any atom is 0.0730 e. The van der Waals surface area contributed by atoms with E-state index >= 15 is 0 Å². The number of alkyl halides is 2. The van der Waals surface area contributed by atoms with Crippen LogP contribution in [0.5, 0.6) is 0 Å². The first kappa shape index (κ1) is 15.5. The molecule has 92 valence electrons. The first-order chi connectivity index (χ1) is 7.18. The van der Waals surface area contributed by atoms with Gasteiger partial charge in [-0.1, -0.05) is 39.0 Å². The Labute approximate surface area is 104 Å². The van der Waals surface area contributed by atoms with E-state index in [1.165, 1.54) is 32.1 Å². The summed E-state index contributed by atoms with van der Waals surface area (Å²) in [6.45, 7) is 5.52. The van der Waals surface area contributed by atoms with Crippen molar-refractivity contribution in [1.29, 1.82) is 0 Å². The van der Waals surface area contributed by atoms with E-state index in [-0.39, 0.29) is 10.8 Å². The fraction of sp³-hybridized carbons (Fsp3) is 1.00. The highest BCUT2D eigenvalue weighted by molar-refractivity contribution is 6.29. The fourth-order valence-electron chi connectivity index (χ4n) is 1.31. The van der Waals surface area contributed by atoms with Crippen LogP contribution in [0.15, 0.2) is 0 Å². The number of ether oxygens (including phenoxy) is 1. The van der Waals surface area contributed by atoms with Crippen LogP contribution in [-0.2, 0) is 4.74 Å². The van der Waals surface area contributed by atoms with Crippen molar-refractivity contribution in [3.63, 3.8) is 0 Å². The summed E-state index contributed by atoms with van der Waals surface area (Å²) in [6, 6.07) is 0. The molecule has 15 heavy (non-hydrogen) atoms. The molecule has 0 aliphatic carbocycles. The molecular formula is C12H24Cl2O. The van der Waals surface area contributed by atoms with Crippen LogP contribution >= 0.6 is 23.2 Å². The van der Waals surface area contributed by atoms with Crippen LogP contribution in [0.25, 0.3) is 0 Å². The average molecular weight is 255 g/mol. The van der Waals surface area contributed by atoms with Gasteiger partial charge in [0.25, 0.3) is 0 Å². The second kappa shape index (κ2) is 11.0. The van der Waals surface area contributed by atoms with Crippen molar-refractivity contribution in [2.75, 3.05) is 13.2 Å². The van der Waals surface area contributed by atoms with E-state index in [0.717, 1.165) is 13.0 Å². The number of hydrogen-bond acceptors (Lipinski definition) is 1. The molecule has 0 aromatic rings. The molecule has 0 aromatic heterocycles. The number of halogens is 2. The van der Waals surface area contributed by atoms with Crippen molar-refractivity contribution < 1.29 is 4.74 Å². The minimum absolute atomic E-state index is 0.0174. The van der Waals surface area contributed by atoms with Gasteiger partial charge in [0.15, 0.2) is 0 Å². The average Bonchev–Trinajstić information content (AvgIpc) is 2.21. The molecule has 3 heteroatoms. The van der Waals surface area contributed by atoms with Gasteiger partial charge in [0.05, 0.1) is 12.0 Å². The van der Waals surface area contributed by atoms with Gasteiger partial charge in [-0.05, 0) is 13.3 Å². The third-order valence-corrected chi connectivity index (χ3v) is 3.35. The van der Waals surface area contributed by atoms with Crippen LogP contribution in [0.3, 0.4) is 0 Å². The Morgan fingerprint density at radius 1 is 1.00 bits per heavy atom. The zero-order chi connectivity index (χ0) is 11.5. The molecule has 0 radical (unpaired) electrons. The second-order valence-corrected chi connectivity index (χ2v) is 5.29. The highest BCUT2D eigenvalue weighted by Crippen LogP contribution is 2.10. The molecule has 0 heterocycles. The van der Waals surface area contributed by atoms with Gasteiger partial charge < -0.3 is 4.74 Å². The first-order valence-electron chi connectivity index (χ1n) is 6.04. The van der Waals surface area contributed by atoms with Gasteiger partial charge >= 0.3 is 0 Å². The van der Waals surface area contributed by atoms with Crippen LogP contribution in [-0.4, -0.2) is 24.0 Å². The second-order valence-electron chi connectivity index (χ2n) is 4.04. The molecule has 0 saturated heterocycles. The summed E-state index contributed by atoms with van der Waals surface area (Å²) in [5.41, 5.74) is 0. The Morgan fingerprint density at radius 3 is 2.20 bits per heavy atom. The highest BCUT2D eigenvalue weighted by Gasteiger charge is 2.10. The van der Waals surface area contributed by atoms with Crippen LogP contribution in [0, 0.1) is 0 Å². The molecule has 0 aliphatic heterocycles. The lowest BCUT2D eigenvalue weighted by Crippen LogP contribution is -2.18. The van der Waals surface area contributed by atoms with E-state index in [9.17, 15) is 0 Å². The first-order valence-corrected chi connectivity index (χ1v) is 6.91. The minimum Gasteiger partial charge on any atom is -0.380 e. The van der Waals surface area contributed by atoms with E-state index in [0.29, 0.717) is 6.61 Å². The molecule has 0 amide bonds. The SMILES string of the molecule is CCCCCCCCOCC(Cl)C(C)Cl. The van der Waals surface area contributed by atoms with Crippen molar-refractivity contribution >= 4 is 23.2 Å². The molecule has 0 rings (SSSR count). The summed E-state index contributed by atoms with van der Waals surface area (Å²) in [7, 11) is 0. The van der Waals surface area contributed by atoms with E-state index in [4.69, 9.17) is 27.9 Å². The lowest BCUT2D eigenvalue weighted by molar-refractivity contribution is 0.129. The quantitative estimate of drug-likeness (QED) is 0.409. The lowest BCUT2D eigenvalue weighted by atomic mass is 10.1. The molecule has 2 atom stereocenters. The van der Waals surface area contributed by atoms with Gasteiger partial charge in [-0.15, -0.1) is 23.2 Å². The zero-order valence-electron chi connectivity index (χ0n) is 9.98. The standard InChI is InChI=1S/C12H24Cl2O/c1-3-4-5-6-7-8-9-15-10-12(14)11(2)13/h11-12H,3-10H2,1-2H3. The van der Waals surface area contributed by atoms with E-state index in [1.807, 2.05) is 6.92 Å². The van der Waals surface area contributed by atoms with Crippen molar-refractivity contribution in [2.45, 2.75) is 63.1 Å². The topological polar surface area (TPSA) is 9.23 Å². The lowest BCUT2D eigenvalue weighted by Gasteiger charge is -2.11. The molecule has 0 N–H and O–H groups in total. The Kier molecular flexibility index (Phi) is 11.4. The van der Waals surface area contributed by atoms with Gasteiger partial charge in [-0.3, -0.25) is 0 Å². The Balaban J connectivity index is 3.05. The summed E-state index contributed by atoms with van der Waals surface area (Å²) in [6.07, 6.45) is 7.75. The smallest absolute Gasteiger partial charge is 0.0730 e. The normalized spacial score (nSPS) is 15.2. The van der Waals surface area contributed by atoms with Gasteiger partial charge in [-0.2, -0.15) is 0 Å². The third kappa shape index (κ3) is 10.8. The van der Waals surface area contributed by atoms with Crippen LogP contribution in [0.4, 0.5) is 0 Å². The maximum atomic E-state index is 5.94. The molecule has 0 saturated carbocycles. The maximum absolute atomic E-state index is 5.94. The Bertz CT molecular complexity index is 129. The molecule has 0 fully saturated rings. The fourth-order valence-corrected chi connectivity index (χ4v) is 1.47. The van der Waals surface area contributed by atoms with Gasteiger partial charge in [0.2, 0.25) is 0 Å². The highest BCUT2D eigenvalue weighted by atomic mass is 35.5. The molecule has 0 spiro atoms. The largest absolute Gasteiger partial charge is 0.380 e. The van der Waals surface area contributed by atoms with Crippen molar-refractivity contribution in [3.05, 3.63) is 0 Å². The Hall–Kier alpha value is 0.540. The molecule has 2 unspecified atom stereocenters. The van der Waals surface area contributed by atoms with E-state index in [2.05, 4.69) is 6.92 Å². The summed E-state index contributed by atoms with van der Waals surface area (Å²) in [5, 5.41) is -0.0806. The van der Waals surface area contributed by atoms with Gasteiger partial charge in [0.1, 0.15) is 0 Å². The number of unbranched alkanes of at least 4 members (excludes halogenated alkanes) is 5. The summed E-state index contributed by atoms with van der Waals surface area (Å²) < 4.78 is 5.45. The molecular weight excluding hydrogens is 231 g/mol. The molecule has 1 nitrogen and oxygen atoms in total. The summed E-state index contributed by atoms with van der Waals surface area (Å²) in [5.74, 6) is 0. The van der Waals surface area contributed by atoms with E-state index < -0.39 is 0 Å². The van der Waals surface area contributed by atoms with Gasteiger partial charge in [0, 0.05) is 12.0 Å². The minimum atomic E-state index is -0.0632. The van der Waals surface area contributed by atoms with Crippen molar-refractivity contribution in [3.8, 4) is 0 Å². The molecule has 0 aliphatic rings. The number of rotatable bonds is 10. The van der Waals surface area contributed by atoms with E-state index in [1.54, 1.807) is 0 Å². The third-order valence-electron chi connectivity index (χ3n) is 2.42. The van der Waals surface area contributed by atoms with Crippen LogP contribution < -0.4 is 0 Å². The van der Waals surface area contributed by atoms with Crippen LogP contribution in [0.2, 0.25) is 0 Å². The predicted octanol–water partition coefficient (Wildman–Crippen LogP) is 4.60. The van der Waals surface area contributed by atoms with Crippen molar-refractivity contribution in [1.82, 2.24) is 0 Å². The molecule has 0 bridgehead atoms. The van der Waals surface area contributed by atoms with Gasteiger partial charge in [-0.25, -0.2) is 0 Å². The van der Waals surface area contributed by atoms with Crippen LogP contribution in [0.1, 0.15) is 52.4 Å². The number of hydrogen-bond donors (Lipinski definition) is 0.